The van der Waals surface area contributed by atoms with E-state index < -0.39 is 0 Å². The van der Waals surface area contributed by atoms with Gasteiger partial charge in [0.05, 0.1) is 6.04 Å². The Labute approximate surface area is 141 Å². The fraction of sp³-hybridized carbons (Fsp3) is 0.316. The van der Waals surface area contributed by atoms with Gasteiger partial charge in [0.15, 0.2) is 6.61 Å². The third kappa shape index (κ3) is 3.92. The summed E-state index contributed by atoms with van der Waals surface area (Å²) in [5.74, 6) is -0.0749. The second-order valence-corrected chi connectivity index (χ2v) is 5.99. The van der Waals surface area contributed by atoms with Gasteiger partial charge in [0.25, 0.3) is 5.91 Å². The molecule has 1 saturated heterocycles. The molecule has 1 heterocycles. The Balaban J connectivity index is 1.61. The van der Waals surface area contributed by atoms with Gasteiger partial charge < -0.3 is 9.64 Å². The first-order chi connectivity index (χ1) is 11.6. The van der Waals surface area contributed by atoms with E-state index in [1.54, 1.807) is 12.1 Å². The highest BCUT2D eigenvalue weighted by Crippen LogP contribution is 2.24. The molecule has 0 aromatic heterocycles. The van der Waals surface area contributed by atoms with Gasteiger partial charge >= 0.3 is 0 Å². The third-order valence-electron chi connectivity index (χ3n) is 4.34. The van der Waals surface area contributed by atoms with E-state index in [9.17, 15) is 9.18 Å². The molecule has 4 nitrogen and oxygen atoms in total. The standard InChI is InChI=1S/C19H21FN2O2/c1-21-10-11-22(13-18(21)15-6-3-2-4-7-15)19(23)14-24-17-9-5-8-16(20)12-17/h2-9,12,18H,10-11,13-14H2,1H3. The number of ether oxygens (including phenoxy) is 1. The number of likely N-dealkylation sites (N-methyl/N-ethyl adjacent to an activating group) is 1. The Morgan fingerprint density at radius 2 is 1.96 bits per heavy atom. The first-order valence-corrected chi connectivity index (χ1v) is 8.05. The lowest BCUT2D eigenvalue weighted by Crippen LogP contribution is -2.50. The van der Waals surface area contributed by atoms with Gasteiger partial charge in [0.1, 0.15) is 11.6 Å². The van der Waals surface area contributed by atoms with E-state index in [4.69, 9.17) is 4.74 Å². The Bertz CT molecular complexity index is 693. The highest BCUT2D eigenvalue weighted by atomic mass is 19.1. The molecule has 1 atom stereocenters. The second-order valence-electron chi connectivity index (χ2n) is 5.99. The summed E-state index contributed by atoms with van der Waals surface area (Å²) < 4.78 is 18.6. The highest BCUT2D eigenvalue weighted by Gasteiger charge is 2.28. The van der Waals surface area contributed by atoms with Crippen LogP contribution in [-0.2, 0) is 4.79 Å². The summed E-state index contributed by atoms with van der Waals surface area (Å²) in [6, 6.07) is 16.2. The summed E-state index contributed by atoms with van der Waals surface area (Å²) in [5.41, 5.74) is 1.20. The maximum atomic E-state index is 13.1. The molecule has 0 spiro atoms. The minimum Gasteiger partial charge on any atom is -0.484 e. The van der Waals surface area contributed by atoms with Crippen LogP contribution in [0.1, 0.15) is 11.6 Å². The lowest BCUT2D eigenvalue weighted by Gasteiger charge is -2.39. The van der Waals surface area contributed by atoms with Crippen LogP contribution in [0, 0.1) is 5.82 Å². The average Bonchev–Trinajstić information content (AvgIpc) is 2.61. The van der Waals surface area contributed by atoms with Crippen LogP contribution < -0.4 is 4.74 Å². The molecule has 0 radical (unpaired) electrons. The number of nitrogens with zero attached hydrogens (tertiary/aromatic N) is 2. The van der Waals surface area contributed by atoms with Crippen molar-refractivity contribution in [2.24, 2.45) is 0 Å². The van der Waals surface area contributed by atoms with Gasteiger partial charge in [-0.05, 0) is 24.7 Å². The van der Waals surface area contributed by atoms with Crippen molar-refractivity contribution in [1.82, 2.24) is 9.80 Å². The van der Waals surface area contributed by atoms with Crippen LogP contribution >= 0.6 is 0 Å². The molecular weight excluding hydrogens is 307 g/mol. The summed E-state index contributed by atoms with van der Waals surface area (Å²) in [7, 11) is 2.07. The fourth-order valence-corrected chi connectivity index (χ4v) is 2.93. The highest BCUT2D eigenvalue weighted by molar-refractivity contribution is 5.78. The summed E-state index contributed by atoms with van der Waals surface area (Å²) in [6.07, 6.45) is 0. The van der Waals surface area contributed by atoms with Gasteiger partial charge in [0, 0.05) is 25.7 Å². The Kier molecular flexibility index (Phi) is 5.11. The Morgan fingerprint density at radius 3 is 2.71 bits per heavy atom. The van der Waals surface area contributed by atoms with E-state index in [0.29, 0.717) is 18.8 Å². The number of piperazine rings is 1. The molecule has 1 unspecified atom stereocenters. The zero-order chi connectivity index (χ0) is 16.9. The number of rotatable bonds is 4. The van der Waals surface area contributed by atoms with Crippen molar-refractivity contribution in [2.45, 2.75) is 6.04 Å². The van der Waals surface area contributed by atoms with Crippen LogP contribution in [-0.4, -0.2) is 49.0 Å². The van der Waals surface area contributed by atoms with E-state index in [0.717, 1.165) is 6.54 Å². The molecule has 2 aromatic rings. The van der Waals surface area contributed by atoms with E-state index in [2.05, 4.69) is 24.1 Å². The first-order valence-electron chi connectivity index (χ1n) is 8.05. The predicted molar refractivity (Wildman–Crippen MR) is 90.3 cm³/mol. The number of hydrogen-bond donors (Lipinski definition) is 0. The SMILES string of the molecule is CN1CCN(C(=O)COc2cccc(F)c2)CC1c1ccccc1. The molecule has 1 aliphatic rings. The average molecular weight is 328 g/mol. The summed E-state index contributed by atoms with van der Waals surface area (Å²) in [5, 5.41) is 0. The molecule has 1 amide bonds. The largest absolute Gasteiger partial charge is 0.484 e. The van der Waals surface area contributed by atoms with E-state index in [1.807, 2.05) is 23.1 Å². The van der Waals surface area contributed by atoms with E-state index in [1.165, 1.54) is 17.7 Å². The van der Waals surface area contributed by atoms with Crippen molar-refractivity contribution in [3.63, 3.8) is 0 Å². The molecule has 2 aromatic carbocycles. The normalized spacial score (nSPS) is 18.4. The van der Waals surface area contributed by atoms with Crippen LogP contribution in [0.2, 0.25) is 0 Å². The van der Waals surface area contributed by atoms with Gasteiger partial charge in [-0.3, -0.25) is 9.69 Å². The minimum atomic E-state index is -0.372. The molecule has 1 fully saturated rings. The second kappa shape index (κ2) is 7.45. The van der Waals surface area contributed by atoms with Crippen molar-refractivity contribution >= 4 is 5.91 Å². The van der Waals surface area contributed by atoms with Crippen molar-refractivity contribution in [3.05, 3.63) is 66.0 Å². The van der Waals surface area contributed by atoms with Crippen LogP contribution in [0.15, 0.2) is 54.6 Å². The molecule has 0 N–H and O–H groups in total. The molecule has 0 bridgehead atoms. The number of amides is 1. The van der Waals surface area contributed by atoms with Crippen LogP contribution in [0.5, 0.6) is 5.75 Å². The Morgan fingerprint density at radius 1 is 1.17 bits per heavy atom. The zero-order valence-electron chi connectivity index (χ0n) is 13.7. The number of halogens is 1. The maximum absolute atomic E-state index is 13.1. The summed E-state index contributed by atoms with van der Waals surface area (Å²) in [4.78, 5) is 16.5. The van der Waals surface area contributed by atoms with Crippen molar-refractivity contribution in [2.75, 3.05) is 33.3 Å². The summed E-state index contributed by atoms with van der Waals surface area (Å²) >= 11 is 0. The van der Waals surface area contributed by atoms with Gasteiger partial charge in [-0.2, -0.15) is 0 Å². The molecule has 24 heavy (non-hydrogen) atoms. The smallest absolute Gasteiger partial charge is 0.260 e. The molecule has 0 saturated carbocycles. The third-order valence-corrected chi connectivity index (χ3v) is 4.34. The molecule has 126 valence electrons. The van der Waals surface area contributed by atoms with Crippen LogP contribution in [0.3, 0.4) is 0 Å². The predicted octanol–water partition coefficient (Wildman–Crippen LogP) is 2.72. The number of benzene rings is 2. The van der Waals surface area contributed by atoms with Gasteiger partial charge in [-0.25, -0.2) is 4.39 Å². The summed E-state index contributed by atoms with van der Waals surface area (Å²) in [6.45, 7) is 2.04. The fourth-order valence-electron chi connectivity index (χ4n) is 2.93. The zero-order valence-corrected chi connectivity index (χ0v) is 13.7. The molecule has 0 aliphatic carbocycles. The monoisotopic (exact) mass is 328 g/mol. The van der Waals surface area contributed by atoms with Gasteiger partial charge in [-0.15, -0.1) is 0 Å². The van der Waals surface area contributed by atoms with E-state index >= 15 is 0 Å². The Hall–Kier alpha value is -2.40. The van der Waals surface area contributed by atoms with Crippen molar-refractivity contribution in [1.29, 1.82) is 0 Å². The van der Waals surface area contributed by atoms with Crippen molar-refractivity contribution < 1.29 is 13.9 Å². The molecule has 3 rings (SSSR count). The molecule has 5 heteroatoms. The lowest BCUT2D eigenvalue weighted by atomic mass is 10.0. The lowest BCUT2D eigenvalue weighted by molar-refractivity contribution is -0.136. The number of carbonyl (C=O) groups excluding carboxylic acids is 1. The van der Waals surface area contributed by atoms with Crippen LogP contribution in [0.25, 0.3) is 0 Å². The molecular formula is C19H21FN2O2. The van der Waals surface area contributed by atoms with Crippen molar-refractivity contribution in [3.8, 4) is 5.75 Å². The maximum Gasteiger partial charge on any atom is 0.260 e. The minimum absolute atomic E-state index is 0.0747. The quantitative estimate of drug-likeness (QED) is 0.865. The number of carbonyl (C=O) groups is 1. The molecule has 1 aliphatic heterocycles. The topological polar surface area (TPSA) is 32.8 Å². The first kappa shape index (κ1) is 16.5. The number of hydrogen-bond acceptors (Lipinski definition) is 3. The van der Waals surface area contributed by atoms with E-state index in [-0.39, 0.29) is 24.4 Å². The van der Waals surface area contributed by atoms with Crippen LogP contribution in [0.4, 0.5) is 4.39 Å². The van der Waals surface area contributed by atoms with Gasteiger partial charge in [0.2, 0.25) is 0 Å². The van der Waals surface area contributed by atoms with Gasteiger partial charge in [-0.1, -0.05) is 36.4 Å².